The molecule has 0 atom stereocenters. The molecule has 0 aliphatic carbocycles. The van der Waals surface area contributed by atoms with Crippen molar-refractivity contribution >= 4 is 39.2 Å². The van der Waals surface area contributed by atoms with E-state index in [0.29, 0.717) is 6.07 Å². The van der Waals surface area contributed by atoms with Gasteiger partial charge in [0, 0.05) is 9.92 Å². The average molecular weight is 447 g/mol. The van der Waals surface area contributed by atoms with E-state index in [0.717, 1.165) is 36.4 Å². The Kier molecular flexibility index (Phi) is 5.79. The number of benzene rings is 2. The number of alkyl halides is 4. The number of thioether (sulfide) groups is 1. The second-order valence-corrected chi connectivity index (χ2v) is 8.59. The summed E-state index contributed by atoms with van der Waals surface area (Å²) in [5.74, 6) is -9.62. The Morgan fingerprint density at radius 3 is 2.26 bits per heavy atom. The maximum atomic E-state index is 13.9. The van der Waals surface area contributed by atoms with E-state index in [1.54, 1.807) is 0 Å². The first kappa shape index (κ1) is 21.5. The van der Waals surface area contributed by atoms with E-state index in [-0.39, 0.29) is 5.02 Å². The molecular weight excluding hydrogens is 439 g/mol. The lowest BCUT2D eigenvalue weighted by Crippen LogP contribution is -2.44. The van der Waals surface area contributed by atoms with Crippen LogP contribution >= 0.6 is 23.4 Å². The van der Waals surface area contributed by atoms with Gasteiger partial charge in [-0.05, 0) is 48.2 Å². The summed E-state index contributed by atoms with van der Waals surface area (Å²) in [5.41, 5.74) is 0. The Hall–Kier alpha value is -1.85. The van der Waals surface area contributed by atoms with Crippen LogP contribution in [0.2, 0.25) is 5.02 Å². The van der Waals surface area contributed by atoms with Crippen molar-refractivity contribution in [3.8, 4) is 0 Å². The SMILES string of the molecule is O=C(O)C(F)(F)C(F)(F)Sc1cccc(S(=O)(=O)c2ccc(Cl)cc2F)c1. The number of hydrogen-bond donors (Lipinski definition) is 1. The van der Waals surface area contributed by atoms with Gasteiger partial charge in [-0.2, -0.15) is 17.6 Å². The van der Waals surface area contributed by atoms with E-state index >= 15 is 0 Å². The van der Waals surface area contributed by atoms with Crippen LogP contribution in [0.5, 0.6) is 0 Å². The van der Waals surface area contributed by atoms with Crippen LogP contribution in [0, 0.1) is 5.82 Å². The van der Waals surface area contributed by atoms with E-state index in [2.05, 4.69) is 0 Å². The van der Waals surface area contributed by atoms with Gasteiger partial charge in [-0.25, -0.2) is 17.6 Å². The molecule has 4 nitrogen and oxygen atoms in total. The lowest BCUT2D eigenvalue weighted by atomic mass is 10.3. The lowest BCUT2D eigenvalue weighted by molar-refractivity contribution is -0.195. The predicted octanol–water partition coefficient (Wildman–Crippen LogP) is 4.72. The zero-order valence-electron chi connectivity index (χ0n) is 12.8. The van der Waals surface area contributed by atoms with Crippen LogP contribution in [0.1, 0.15) is 0 Å². The van der Waals surface area contributed by atoms with Crippen LogP contribution in [0.3, 0.4) is 0 Å². The van der Waals surface area contributed by atoms with E-state index in [1.165, 1.54) is 0 Å². The first-order chi connectivity index (χ1) is 12.3. The summed E-state index contributed by atoms with van der Waals surface area (Å²) in [6.45, 7) is 0. The molecule has 1 N–H and O–H groups in total. The standard InChI is InChI=1S/C15H8ClF5O4S2/c16-8-4-5-12(11(17)6-8)27(24,25)10-3-1-2-9(7-10)26-15(20,21)14(18,19)13(22)23/h1-7H,(H,22,23). The molecule has 0 amide bonds. The molecule has 0 aliphatic rings. The van der Waals surface area contributed by atoms with Crippen molar-refractivity contribution in [3.05, 3.63) is 53.3 Å². The third-order valence-corrected chi connectivity index (χ3v) is 6.20. The molecular formula is C15H8ClF5O4S2. The van der Waals surface area contributed by atoms with Crippen LogP contribution in [-0.2, 0) is 14.6 Å². The van der Waals surface area contributed by atoms with Gasteiger partial charge in [0.05, 0.1) is 4.90 Å². The van der Waals surface area contributed by atoms with E-state index < -0.39 is 59.2 Å². The molecule has 2 aromatic carbocycles. The Balaban J connectivity index is 2.44. The molecule has 0 aromatic heterocycles. The van der Waals surface area contributed by atoms with E-state index in [1.807, 2.05) is 0 Å². The molecule has 0 saturated carbocycles. The fourth-order valence-electron chi connectivity index (χ4n) is 1.86. The van der Waals surface area contributed by atoms with Crippen LogP contribution in [0.25, 0.3) is 0 Å². The highest BCUT2D eigenvalue weighted by molar-refractivity contribution is 8.00. The molecule has 27 heavy (non-hydrogen) atoms. The predicted molar refractivity (Wildman–Crippen MR) is 86.7 cm³/mol. The molecule has 0 unspecified atom stereocenters. The number of carboxylic acid groups (broad SMARTS) is 1. The summed E-state index contributed by atoms with van der Waals surface area (Å²) in [6.07, 6.45) is 0. The van der Waals surface area contributed by atoms with E-state index in [4.69, 9.17) is 16.7 Å². The molecule has 0 radical (unpaired) electrons. The van der Waals surface area contributed by atoms with Gasteiger partial charge in [-0.1, -0.05) is 17.7 Å². The van der Waals surface area contributed by atoms with Crippen LogP contribution in [0.15, 0.2) is 57.2 Å². The van der Waals surface area contributed by atoms with Crippen molar-refractivity contribution in [2.75, 3.05) is 0 Å². The minimum Gasteiger partial charge on any atom is -0.477 e. The van der Waals surface area contributed by atoms with Gasteiger partial charge in [0.2, 0.25) is 9.84 Å². The first-order valence-corrected chi connectivity index (χ1v) is 9.45. The number of halogens is 6. The second kappa shape index (κ2) is 7.28. The third-order valence-electron chi connectivity index (χ3n) is 3.18. The smallest absolute Gasteiger partial charge is 0.414 e. The van der Waals surface area contributed by atoms with Gasteiger partial charge in [-0.15, -0.1) is 0 Å². The molecule has 0 saturated heterocycles. The van der Waals surface area contributed by atoms with Crippen LogP contribution < -0.4 is 0 Å². The summed E-state index contributed by atoms with van der Waals surface area (Å²) in [6, 6.07) is 6.10. The Bertz CT molecular complexity index is 995. The Morgan fingerprint density at radius 2 is 1.70 bits per heavy atom. The van der Waals surface area contributed by atoms with Crippen LogP contribution in [0.4, 0.5) is 22.0 Å². The molecule has 0 bridgehead atoms. The topological polar surface area (TPSA) is 71.4 Å². The Labute approximate surface area is 158 Å². The zero-order valence-corrected chi connectivity index (χ0v) is 15.2. The van der Waals surface area contributed by atoms with Gasteiger partial charge in [0.25, 0.3) is 0 Å². The normalized spacial score (nSPS) is 12.8. The van der Waals surface area contributed by atoms with Gasteiger partial charge < -0.3 is 5.11 Å². The summed E-state index contributed by atoms with van der Waals surface area (Å²) < 4.78 is 92.3. The summed E-state index contributed by atoms with van der Waals surface area (Å²) in [5, 5.41) is 3.11. The first-order valence-electron chi connectivity index (χ1n) is 6.77. The van der Waals surface area contributed by atoms with Crippen molar-refractivity contribution in [2.24, 2.45) is 0 Å². The highest BCUT2D eigenvalue weighted by Crippen LogP contribution is 2.47. The van der Waals surface area contributed by atoms with Crippen molar-refractivity contribution < 1.29 is 40.3 Å². The second-order valence-electron chi connectivity index (χ2n) is 5.05. The van der Waals surface area contributed by atoms with Crippen molar-refractivity contribution in [1.29, 1.82) is 0 Å². The zero-order chi connectivity index (χ0) is 20.6. The highest BCUT2D eigenvalue weighted by atomic mass is 35.5. The summed E-state index contributed by atoms with van der Waals surface area (Å²) in [7, 11) is -4.51. The fraction of sp³-hybridized carbons (Fsp3) is 0.133. The monoisotopic (exact) mass is 446 g/mol. The molecule has 2 aromatic rings. The molecule has 12 heteroatoms. The maximum Gasteiger partial charge on any atom is 0.414 e. The van der Waals surface area contributed by atoms with Crippen molar-refractivity contribution in [2.45, 2.75) is 25.9 Å². The minimum atomic E-state index is -5.39. The molecule has 0 aliphatic heterocycles. The molecule has 2 rings (SSSR count). The number of carbonyl (C=O) groups is 1. The molecule has 0 spiro atoms. The number of hydrogen-bond acceptors (Lipinski definition) is 4. The summed E-state index contributed by atoms with van der Waals surface area (Å²) in [4.78, 5) is 8.24. The van der Waals surface area contributed by atoms with Crippen LogP contribution in [-0.4, -0.2) is 30.7 Å². The lowest BCUT2D eigenvalue weighted by Gasteiger charge is -2.22. The summed E-state index contributed by atoms with van der Waals surface area (Å²) >= 11 is 4.71. The molecule has 146 valence electrons. The quantitative estimate of drug-likeness (QED) is 0.513. The number of rotatable bonds is 6. The van der Waals surface area contributed by atoms with Gasteiger partial charge in [-0.3, -0.25) is 0 Å². The molecule has 0 fully saturated rings. The van der Waals surface area contributed by atoms with E-state index in [9.17, 15) is 35.2 Å². The van der Waals surface area contributed by atoms with Gasteiger partial charge in [0.1, 0.15) is 10.7 Å². The third kappa shape index (κ3) is 4.19. The van der Waals surface area contributed by atoms with Gasteiger partial charge >= 0.3 is 17.1 Å². The minimum absolute atomic E-state index is 0.0775. The maximum absolute atomic E-state index is 13.9. The molecule has 0 heterocycles. The Morgan fingerprint density at radius 1 is 1.07 bits per heavy atom. The average Bonchev–Trinajstić information content (AvgIpc) is 2.54. The number of aliphatic carboxylic acids is 1. The fourth-order valence-corrected chi connectivity index (χ4v) is 4.30. The van der Waals surface area contributed by atoms with Gasteiger partial charge in [0.15, 0.2) is 0 Å². The van der Waals surface area contributed by atoms with Crippen molar-refractivity contribution in [3.63, 3.8) is 0 Å². The number of carboxylic acids is 1. The van der Waals surface area contributed by atoms with Crippen molar-refractivity contribution in [1.82, 2.24) is 0 Å². The number of sulfone groups is 1. The largest absolute Gasteiger partial charge is 0.477 e. The highest BCUT2D eigenvalue weighted by Gasteiger charge is 2.63.